The molecule has 0 aliphatic carbocycles. The summed E-state index contributed by atoms with van der Waals surface area (Å²) in [7, 11) is 0. The van der Waals surface area contributed by atoms with Gasteiger partial charge in [-0.15, -0.1) is 0 Å². The molecule has 2 rings (SSSR count). The molecule has 21 heavy (non-hydrogen) atoms. The molecule has 1 aliphatic heterocycles. The molecule has 2 atom stereocenters. The normalized spacial score (nSPS) is 20.3. The van der Waals surface area contributed by atoms with Gasteiger partial charge in [-0.2, -0.15) is 0 Å². The van der Waals surface area contributed by atoms with Gasteiger partial charge in [-0.05, 0) is 26.7 Å². The zero-order chi connectivity index (χ0) is 15.5. The van der Waals surface area contributed by atoms with Crippen molar-refractivity contribution in [1.82, 2.24) is 9.97 Å². The fourth-order valence-corrected chi connectivity index (χ4v) is 2.45. The molecule has 2 unspecified atom stereocenters. The Bertz CT molecular complexity index is 464. The topological polar surface area (TPSA) is 59.1 Å². The number of aromatic nitrogens is 2. The Morgan fingerprint density at radius 1 is 1.33 bits per heavy atom. The van der Waals surface area contributed by atoms with E-state index in [1.807, 2.05) is 6.07 Å². The van der Waals surface area contributed by atoms with E-state index in [2.05, 4.69) is 55.2 Å². The van der Waals surface area contributed by atoms with Gasteiger partial charge >= 0.3 is 0 Å². The van der Waals surface area contributed by atoms with Gasteiger partial charge in [-0.25, -0.2) is 9.97 Å². The Hall–Kier alpha value is -1.36. The molecule has 118 valence electrons. The minimum absolute atomic E-state index is 0.0744. The summed E-state index contributed by atoms with van der Waals surface area (Å²) in [5, 5.41) is 6.76. The van der Waals surface area contributed by atoms with Crippen LogP contribution in [-0.4, -0.2) is 35.3 Å². The van der Waals surface area contributed by atoms with Crippen molar-refractivity contribution in [3.63, 3.8) is 0 Å². The van der Waals surface area contributed by atoms with E-state index in [-0.39, 0.29) is 17.6 Å². The third kappa shape index (κ3) is 4.30. The summed E-state index contributed by atoms with van der Waals surface area (Å²) >= 11 is 0. The van der Waals surface area contributed by atoms with Crippen LogP contribution in [0.1, 0.15) is 53.3 Å². The number of rotatable bonds is 5. The van der Waals surface area contributed by atoms with Crippen molar-refractivity contribution in [3.8, 4) is 0 Å². The smallest absolute Gasteiger partial charge is 0.138 e. The number of hydrogen-bond donors (Lipinski definition) is 2. The maximum atomic E-state index is 5.74. The number of anilines is 2. The lowest BCUT2D eigenvalue weighted by atomic mass is 9.96. The molecule has 2 N–H and O–H groups in total. The highest BCUT2D eigenvalue weighted by molar-refractivity contribution is 5.48. The Morgan fingerprint density at radius 3 is 2.62 bits per heavy atom. The summed E-state index contributed by atoms with van der Waals surface area (Å²) in [6, 6.07) is 2.23. The van der Waals surface area contributed by atoms with Crippen molar-refractivity contribution < 1.29 is 4.74 Å². The second-order valence-corrected chi connectivity index (χ2v) is 6.73. The molecular formula is C16H28N4O. The van der Waals surface area contributed by atoms with Gasteiger partial charge in [-0.3, -0.25) is 0 Å². The number of nitrogens with one attached hydrogen (secondary N) is 2. The predicted octanol–water partition coefficient (Wildman–Crippen LogP) is 3.19. The van der Waals surface area contributed by atoms with Gasteiger partial charge in [0.25, 0.3) is 0 Å². The minimum atomic E-state index is -0.0744. The number of hydrogen-bond acceptors (Lipinski definition) is 5. The van der Waals surface area contributed by atoms with Crippen LogP contribution in [0.15, 0.2) is 6.07 Å². The summed E-state index contributed by atoms with van der Waals surface area (Å²) in [6.45, 7) is 12.3. The molecule has 1 saturated heterocycles. The summed E-state index contributed by atoms with van der Waals surface area (Å²) in [5.41, 5.74) is -0.0744. The molecule has 0 aromatic carbocycles. The third-order valence-electron chi connectivity index (χ3n) is 3.65. The maximum absolute atomic E-state index is 5.74. The van der Waals surface area contributed by atoms with E-state index in [1.54, 1.807) is 0 Å². The van der Waals surface area contributed by atoms with Gasteiger partial charge in [0.1, 0.15) is 17.5 Å². The van der Waals surface area contributed by atoms with Crippen molar-refractivity contribution in [1.29, 1.82) is 0 Å². The molecule has 0 saturated carbocycles. The van der Waals surface area contributed by atoms with Gasteiger partial charge in [0.15, 0.2) is 0 Å². The van der Waals surface area contributed by atoms with Crippen molar-refractivity contribution >= 4 is 11.6 Å². The fourth-order valence-electron chi connectivity index (χ4n) is 2.45. The minimum Gasteiger partial charge on any atom is -0.376 e. The van der Waals surface area contributed by atoms with Crippen LogP contribution in [-0.2, 0) is 10.2 Å². The molecule has 0 radical (unpaired) electrons. The van der Waals surface area contributed by atoms with E-state index in [4.69, 9.17) is 4.74 Å². The van der Waals surface area contributed by atoms with E-state index in [0.29, 0.717) is 0 Å². The van der Waals surface area contributed by atoms with Crippen LogP contribution in [0.2, 0.25) is 0 Å². The third-order valence-corrected chi connectivity index (χ3v) is 3.65. The first-order valence-corrected chi connectivity index (χ1v) is 7.91. The summed E-state index contributed by atoms with van der Waals surface area (Å²) in [5.74, 6) is 2.59. The van der Waals surface area contributed by atoms with Crippen molar-refractivity contribution in [3.05, 3.63) is 11.9 Å². The maximum Gasteiger partial charge on any atom is 0.138 e. The van der Waals surface area contributed by atoms with Crippen LogP contribution >= 0.6 is 0 Å². The number of ether oxygens (including phenoxy) is 1. The average Bonchev–Trinajstić information content (AvgIpc) is 2.91. The summed E-state index contributed by atoms with van der Waals surface area (Å²) < 4.78 is 5.74. The molecule has 1 aromatic heterocycles. The first kappa shape index (κ1) is 16.0. The zero-order valence-corrected chi connectivity index (χ0v) is 13.9. The molecule has 0 amide bonds. The molecule has 0 spiro atoms. The highest BCUT2D eigenvalue weighted by Crippen LogP contribution is 2.24. The van der Waals surface area contributed by atoms with E-state index >= 15 is 0 Å². The van der Waals surface area contributed by atoms with E-state index in [1.165, 1.54) is 0 Å². The Morgan fingerprint density at radius 2 is 2.05 bits per heavy atom. The van der Waals surface area contributed by atoms with Gasteiger partial charge in [0.05, 0.1) is 12.1 Å². The lowest BCUT2D eigenvalue weighted by Crippen LogP contribution is -2.31. The molecule has 1 aliphatic rings. The first-order valence-electron chi connectivity index (χ1n) is 7.91. The van der Waals surface area contributed by atoms with Gasteiger partial charge in [-0.1, -0.05) is 20.8 Å². The largest absolute Gasteiger partial charge is 0.376 e. The van der Waals surface area contributed by atoms with Gasteiger partial charge in [0, 0.05) is 24.6 Å². The molecule has 1 aromatic rings. The summed E-state index contributed by atoms with van der Waals surface area (Å²) in [6.07, 6.45) is 2.54. The first-order chi connectivity index (χ1) is 9.90. The lowest BCUT2D eigenvalue weighted by Gasteiger charge is -2.23. The lowest BCUT2D eigenvalue weighted by molar-refractivity contribution is 0.0995. The SMILES string of the molecule is CCNc1cc(NC(C)C2CCCO2)nc(C(C)(C)C)n1. The van der Waals surface area contributed by atoms with Gasteiger partial charge in [0.2, 0.25) is 0 Å². The molecule has 0 bridgehead atoms. The van der Waals surface area contributed by atoms with E-state index in [0.717, 1.165) is 43.5 Å². The van der Waals surface area contributed by atoms with E-state index in [9.17, 15) is 0 Å². The Labute approximate surface area is 127 Å². The average molecular weight is 292 g/mol. The second kappa shape index (κ2) is 6.60. The van der Waals surface area contributed by atoms with E-state index < -0.39 is 0 Å². The molecule has 5 heteroatoms. The quantitative estimate of drug-likeness (QED) is 0.873. The predicted molar refractivity (Wildman–Crippen MR) is 87.0 cm³/mol. The van der Waals surface area contributed by atoms with Crippen LogP contribution in [0.5, 0.6) is 0 Å². The monoisotopic (exact) mass is 292 g/mol. The Balaban J connectivity index is 2.18. The second-order valence-electron chi connectivity index (χ2n) is 6.73. The Kier molecular flexibility index (Phi) is 5.04. The molecule has 5 nitrogen and oxygen atoms in total. The van der Waals surface area contributed by atoms with Crippen LogP contribution in [0.25, 0.3) is 0 Å². The van der Waals surface area contributed by atoms with Crippen molar-refractivity contribution in [2.45, 2.75) is 65.0 Å². The van der Waals surface area contributed by atoms with Crippen LogP contribution in [0.3, 0.4) is 0 Å². The summed E-state index contributed by atoms with van der Waals surface area (Å²) in [4.78, 5) is 9.29. The molecule has 1 fully saturated rings. The fraction of sp³-hybridized carbons (Fsp3) is 0.750. The highest BCUT2D eigenvalue weighted by atomic mass is 16.5. The van der Waals surface area contributed by atoms with Crippen LogP contribution in [0, 0.1) is 0 Å². The highest BCUT2D eigenvalue weighted by Gasteiger charge is 2.24. The van der Waals surface area contributed by atoms with Crippen LogP contribution < -0.4 is 10.6 Å². The standard InChI is InChI=1S/C16H28N4O/c1-6-17-13-10-14(20-15(19-13)16(3,4)5)18-11(2)12-8-7-9-21-12/h10-12H,6-9H2,1-5H3,(H2,17,18,19,20). The van der Waals surface area contributed by atoms with Gasteiger partial charge < -0.3 is 15.4 Å². The van der Waals surface area contributed by atoms with Crippen molar-refractivity contribution in [2.75, 3.05) is 23.8 Å². The molecule has 2 heterocycles. The van der Waals surface area contributed by atoms with Crippen molar-refractivity contribution in [2.24, 2.45) is 0 Å². The van der Waals surface area contributed by atoms with Crippen LogP contribution in [0.4, 0.5) is 11.6 Å². The molecular weight excluding hydrogens is 264 g/mol. The number of nitrogens with zero attached hydrogens (tertiary/aromatic N) is 2. The zero-order valence-electron chi connectivity index (χ0n) is 13.9.